The van der Waals surface area contributed by atoms with Crippen molar-refractivity contribution in [3.63, 3.8) is 0 Å². The normalized spacial score (nSPS) is 29.1. The molecule has 0 unspecified atom stereocenters. The molecule has 1 aromatic heterocycles. The number of aliphatic hydroxyl groups is 1. The molecule has 2 saturated carbocycles. The number of carbonyl (C=O) groups excluding carboxylic acids is 3. The molecule has 0 aromatic carbocycles. The summed E-state index contributed by atoms with van der Waals surface area (Å²) in [5.41, 5.74) is -2.38. The number of fused-ring (bicyclic) bond motifs is 3. The van der Waals surface area contributed by atoms with Crippen molar-refractivity contribution in [3.05, 3.63) is 14.5 Å². The zero-order chi connectivity index (χ0) is 32.5. The second-order valence-corrected chi connectivity index (χ2v) is 17.5. The number of aromatic nitrogens is 1. The van der Waals surface area contributed by atoms with Crippen LogP contribution in [-0.2, 0) is 19.1 Å². The lowest BCUT2D eigenvalue weighted by atomic mass is 9.69. The highest BCUT2D eigenvalue weighted by Gasteiger charge is 2.61. The molecule has 6 fully saturated rings. The molecule has 45 heavy (non-hydrogen) atoms. The second kappa shape index (κ2) is 11.9. The van der Waals surface area contributed by atoms with Gasteiger partial charge in [0.15, 0.2) is 9.62 Å². The van der Waals surface area contributed by atoms with Crippen molar-refractivity contribution in [2.75, 3.05) is 39.4 Å². The molecule has 13 heteroatoms. The molecule has 1 spiro atoms. The molecule has 3 atom stereocenters. The van der Waals surface area contributed by atoms with Gasteiger partial charge in [-0.15, -0.1) is 0 Å². The fourth-order valence-electron chi connectivity index (χ4n) is 8.12. The highest BCUT2D eigenvalue weighted by molar-refractivity contribution is 7.18. The lowest BCUT2D eigenvalue weighted by Crippen LogP contribution is -2.67. The number of thiazole rings is 1. The van der Waals surface area contributed by atoms with Gasteiger partial charge in [-0.3, -0.25) is 14.4 Å². The summed E-state index contributed by atoms with van der Waals surface area (Å²) in [6.07, 6.45) is 6.18. The van der Waals surface area contributed by atoms with Gasteiger partial charge in [-0.25, -0.2) is 4.98 Å². The second-order valence-electron chi connectivity index (χ2n) is 15.5. The third kappa shape index (κ3) is 6.38. The Morgan fingerprint density at radius 3 is 2.29 bits per heavy atom. The smallest absolute Gasteiger partial charge is 0.267 e. The van der Waals surface area contributed by atoms with E-state index >= 15 is 0 Å². The number of nitrogens with zero attached hydrogens (tertiary/aromatic N) is 3. The molecule has 0 radical (unpaired) electrons. The van der Waals surface area contributed by atoms with Crippen LogP contribution in [0.3, 0.4) is 0 Å². The van der Waals surface area contributed by atoms with Gasteiger partial charge < -0.3 is 29.7 Å². The zero-order valence-electron chi connectivity index (χ0n) is 26.9. The summed E-state index contributed by atoms with van der Waals surface area (Å²) in [7, 11) is 0. The summed E-state index contributed by atoms with van der Waals surface area (Å²) in [6.45, 7) is 11.6. The first-order valence-electron chi connectivity index (χ1n) is 16.2. The highest BCUT2D eigenvalue weighted by Crippen LogP contribution is 2.51. The lowest BCUT2D eigenvalue weighted by molar-refractivity contribution is -0.162. The summed E-state index contributed by atoms with van der Waals surface area (Å²) >= 11 is 13.3. The highest BCUT2D eigenvalue weighted by atomic mass is 35.5. The first kappa shape index (κ1) is 33.4. The minimum Gasteiger partial charge on any atom is -0.388 e. The number of halogens is 2. The van der Waals surface area contributed by atoms with E-state index in [4.69, 9.17) is 32.7 Å². The van der Waals surface area contributed by atoms with Crippen molar-refractivity contribution in [2.45, 2.75) is 97.0 Å². The van der Waals surface area contributed by atoms with E-state index in [1.54, 1.807) is 18.7 Å². The Hall–Kier alpha value is -1.50. The molecule has 5 heterocycles. The number of amides is 3. The molecule has 1 aromatic rings. The first-order valence-corrected chi connectivity index (χ1v) is 17.8. The van der Waals surface area contributed by atoms with E-state index < -0.39 is 34.5 Å². The van der Waals surface area contributed by atoms with Crippen molar-refractivity contribution in [1.29, 1.82) is 0 Å². The van der Waals surface area contributed by atoms with Gasteiger partial charge in [-0.05, 0) is 65.2 Å². The molecule has 6 aliphatic rings. The van der Waals surface area contributed by atoms with Gasteiger partial charge in [0.2, 0.25) is 11.8 Å². The van der Waals surface area contributed by atoms with Crippen LogP contribution in [0.4, 0.5) is 0 Å². The average molecular weight is 686 g/mol. The van der Waals surface area contributed by atoms with Crippen LogP contribution in [0.5, 0.6) is 0 Å². The third-order valence-electron chi connectivity index (χ3n) is 11.3. The number of hydrogen-bond acceptors (Lipinski definition) is 8. The quantitative estimate of drug-likeness (QED) is 0.375. The van der Waals surface area contributed by atoms with E-state index in [0.29, 0.717) is 44.9 Å². The fraction of sp³-hybridized carbons (Fsp3) is 0.812. The predicted octanol–water partition coefficient (Wildman–Crippen LogP) is 4.41. The number of carbonyl (C=O) groups is 3. The SMILES string of the molecule is C[C@@H](OCC12CCC(CC1)OC2)[C@H](NC(=O)[C@@H]1CN(C(=O)c2sc(Cl)nc2Cl)CC12CN(C(=O)C(C)(C)C1CC1)C2)C(C)(C)O. The summed E-state index contributed by atoms with van der Waals surface area (Å²) in [4.78, 5) is 49.0. The Morgan fingerprint density at radius 1 is 1.11 bits per heavy atom. The fourth-order valence-corrected chi connectivity index (χ4v) is 9.47. The van der Waals surface area contributed by atoms with Gasteiger partial charge in [0.25, 0.3) is 5.91 Å². The van der Waals surface area contributed by atoms with E-state index in [-0.39, 0.29) is 44.2 Å². The summed E-state index contributed by atoms with van der Waals surface area (Å²) in [6, 6.07) is -0.703. The molecular formula is C32H46Cl2N4O6S. The molecule has 3 amide bonds. The Balaban J connectivity index is 1.19. The van der Waals surface area contributed by atoms with Crippen LogP contribution in [0, 0.1) is 28.1 Å². The summed E-state index contributed by atoms with van der Waals surface area (Å²) in [5.74, 6) is -0.733. The molecule has 10 nitrogen and oxygen atoms in total. The van der Waals surface area contributed by atoms with Crippen LogP contribution in [0.2, 0.25) is 9.62 Å². The maximum absolute atomic E-state index is 14.2. The van der Waals surface area contributed by atoms with Gasteiger partial charge in [0.1, 0.15) is 4.88 Å². The average Bonchev–Trinajstić information content (AvgIpc) is 3.68. The number of nitrogens with one attached hydrogen (secondary N) is 1. The standard InChI is InChI=1S/C32H46Cl2N4O6S/c1-18(43-16-31-10-8-20(9-11-31)44-17-31)23(30(4,5)42)35-25(39)21-12-37(26(40)22-24(33)36-28(34)45-22)13-32(21)14-38(15-32)27(41)29(2,3)19-6-7-19/h18-21,23,42H,6-17H2,1-5H3,(H,35,39)/t18-,20?,21+,23+,31?/m1/s1. The summed E-state index contributed by atoms with van der Waals surface area (Å²) in [5, 5.41) is 14.4. The van der Waals surface area contributed by atoms with Gasteiger partial charge >= 0.3 is 0 Å². The van der Waals surface area contributed by atoms with Crippen molar-refractivity contribution in [1.82, 2.24) is 20.1 Å². The molecular weight excluding hydrogens is 639 g/mol. The largest absolute Gasteiger partial charge is 0.388 e. The van der Waals surface area contributed by atoms with E-state index in [9.17, 15) is 19.5 Å². The maximum Gasteiger partial charge on any atom is 0.267 e. The van der Waals surface area contributed by atoms with Crippen molar-refractivity contribution in [3.8, 4) is 0 Å². The van der Waals surface area contributed by atoms with E-state index in [1.807, 2.05) is 25.7 Å². The minimum atomic E-state index is -1.28. The minimum absolute atomic E-state index is 0.0233. The Kier molecular flexibility index (Phi) is 8.82. The van der Waals surface area contributed by atoms with Crippen molar-refractivity contribution in [2.24, 2.45) is 28.1 Å². The molecule has 7 rings (SSSR count). The van der Waals surface area contributed by atoms with Crippen LogP contribution in [0.25, 0.3) is 0 Å². The van der Waals surface area contributed by atoms with Crippen LogP contribution < -0.4 is 5.32 Å². The van der Waals surface area contributed by atoms with E-state index in [0.717, 1.165) is 49.9 Å². The zero-order valence-corrected chi connectivity index (χ0v) is 29.2. The first-order chi connectivity index (χ1) is 21.0. The van der Waals surface area contributed by atoms with Crippen LogP contribution in [-0.4, -0.2) is 101 Å². The lowest BCUT2D eigenvalue weighted by Gasteiger charge is -2.52. The van der Waals surface area contributed by atoms with Gasteiger partial charge in [-0.2, -0.15) is 0 Å². The van der Waals surface area contributed by atoms with E-state index in [1.165, 1.54) is 0 Å². The molecule has 2 bridgehead atoms. The third-order valence-corrected chi connectivity index (χ3v) is 12.8. The summed E-state index contributed by atoms with van der Waals surface area (Å²) < 4.78 is 12.5. The molecule has 2 N–H and O–H groups in total. The van der Waals surface area contributed by atoms with Crippen molar-refractivity contribution < 1.29 is 29.0 Å². The predicted molar refractivity (Wildman–Crippen MR) is 171 cm³/mol. The number of ether oxygens (including phenoxy) is 2. The topological polar surface area (TPSA) is 121 Å². The maximum atomic E-state index is 14.2. The number of likely N-dealkylation sites (tertiary alicyclic amines) is 2. The molecule has 250 valence electrons. The molecule has 2 aliphatic carbocycles. The molecule has 4 saturated heterocycles. The van der Waals surface area contributed by atoms with Crippen LogP contribution >= 0.6 is 34.5 Å². The van der Waals surface area contributed by atoms with Crippen molar-refractivity contribution >= 4 is 52.3 Å². The van der Waals surface area contributed by atoms with Gasteiger partial charge in [0.05, 0.1) is 43.0 Å². The monoisotopic (exact) mass is 684 g/mol. The Bertz CT molecular complexity index is 1320. The van der Waals surface area contributed by atoms with Gasteiger partial charge in [-0.1, -0.05) is 48.4 Å². The van der Waals surface area contributed by atoms with Crippen LogP contribution in [0.1, 0.15) is 82.8 Å². The van der Waals surface area contributed by atoms with Crippen LogP contribution in [0.15, 0.2) is 0 Å². The molecule has 4 aliphatic heterocycles. The Morgan fingerprint density at radius 2 is 1.76 bits per heavy atom. The van der Waals surface area contributed by atoms with Gasteiger partial charge in [0, 0.05) is 42.4 Å². The Labute approximate surface area is 279 Å². The number of hydrogen-bond donors (Lipinski definition) is 2. The van der Waals surface area contributed by atoms with E-state index in [2.05, 4.69) is 10.3 Å². The number of rotatable bonds is 10.